The summed E-state index contributed by atoms with van der Waals surface area (Å²) in [6.07, 6.45) is 0. The number of nitrogens with zero attached hydrogens (tertiary/aromatic N) is 2. The molecule has 0 aliphatic heterocycles. The number of hydrogen-bond donors (Lipinski definition) is 0. The van der Waals surface area contributed by atoms with E-state index in [0.29, 0.717) is 0 Å². The molecule has 0 unspecified atom stereocenters. The molecular weight excluding hydrogens is 572 g/mol. The van der Waals surface area contributed by atoms with Crippen LogP contribution in [-0.4, -0.2) is 9.13 Å². The van der Waals surface area contributed by atoms with Crippen LogP contribution in [0.25, 0.3) is 88.4 Å². The lowest BCUT2D eigenvalue weighted by atomic mass is 9.98. The summed E-state index contributed by atoms with van der Waals surface area (Å²) in [5.41, 5.74) is 13.6. The van der Waals surface area contributed by atoms with Gasteiger partial charge in [0.15, 0.2) is 5.58 Å². The summed E-state index contributed by atoms with van der Waals surface area (Å²) in [5, 5.41) is 4.76. The van der Waals surface area contributed by atoms with Crippen molar-refractivity contribution in [3.63, 3.8) is 0 Å². The second-order valence-electron chi connectivity index (χ2n) is 12.2. The molecule has 3 heteroatoms. The van der Waals surface area contributed by atoms with Gasteiger partial charge in [0.1, 0.15) is 11.1 Å². The quantitative estimate of drug-likeness (QED) is 0.197. The first-order valence-electron chi connectivity index (χ1n) is 16.0. The van der Waals surface area contributed by atoms with Gasteiger partial charge in [-0.15, -0.1) is 0 Å². The minimum atomic E-state index is 0.897. The predicted molar refractivity (Wildman–Crippen MR) is 196 cm³/mol. The molecule has 0 bridgehead atoms. The third kappa shape index (κ3) is 3.93. The molecule has 7 aromatic carbocycles. The Morgan fingerprint density at radius 1 is 0.340 bits per heavy atom. The predicted octanol–water partition coefficient (Wildman–Crippen LogP) is 12.0. The lowest BCUT2D eigenvalue weighted by molar-refractivity contribution is 0.673. The zero-order valence-corrected chi connectivity index (χ0v) is 25.5. The van der Waals surface area contributed by atoms with E-state index in [0.717, 1.165) is 44.2 Å². The molecule has 0 N–H and O–H groups in total. The zero-order valence-electron chi connectivity index (χ0n) is 25.5. The Bertz CT molecular complexity index is 2760. The van der Waals surface area contributed by atoms with Crippen LogP contribution in [0.5, 0.6) is 0 Å². The molecule has 0 saturated heterocycles. The maximum Gasteiger partial charge on any atom is 0.161 e. The summed E-state index contributed by atoms with van der Waals surface area (Å²) in [7, 11) is 0. The number of para-hydroxylation sites is 4. The Hall–Kier alpha value is -6.32. The molecule has 0 radical (unpaired) electrons. The Kier molecular flexibility index (Phi) is 5.57. The lowest BCUT2D eigenvalue weighted by Gasteiger charge is -2.09. The van der Waals surface area contributed by atoms with Crippen LogP contribution < -0.4 is 0 Å². The van der Waals surface area contributed by atoms with Crippen molar-refractivity contribution >= 4 is 54.8 Å². The lowest BCUT2D eigenvalue weighted by Crippen LogP contribution is -1.93. The first-order valence-corrected chi connectivity index (χ1v) is 16.0. The highest BCUT2D eigenvalue weighted by Crippen LogP contribution is 2.41. The molecule has 10 rings (SSSR count). The minimum absolute atomic E-state index is 0.897. The first kappa shape index (κ1) is 26.0. The van der Waals surface area contributed by atoms with Gasteiger partial charge in [-0.1, -0.05) is 103 Å². The number of aromatic nitrogens is 2. The van der Waals surface area contributed by atoms with Crippen molar-refractivity contribution in [3.05, 3.63) is 170 Å². The number of furan rings is 1. The highest BCUT2D eigenvalue weighted by Gasteiger charge is 2.20. The smallest absolute Gasteiger partial charge is 0.161 e. The fourth-order valence-corrected chi connectivity index (χ4v) is 7.36. The number of hydrogen-bond acceptors (Lipinski definition) is 1. The van der Waals surface area contributed by atoms with Crippen LogP contribution in [0.4, 0.5) is 0 Å². The highest BCUT2D eigenvalue weighted by atomic mass is 16.3. The number of rotatable bonds is 4. The van der Waals surface area contributed by atoms with Gasteiger partial charge in [0.25, 0.3) is 0 Å². The Morgan fingerprint density at radius 2 is 0.830 bits per heavy atom. The SMILES string of the molecule is c1ccc(-n2c3ccccc3c3cc(-c4ccc(-c5ccc6oc7c8ccccc8n(-c8ccccc8)c7c6c5)cc4)ccc32)cc1. The third-order valence-corrected chi connectivity index (χ3v) is 9.53. The van der Waals surface area contributed by atoms with E-state index in [-0.39, 0.29) is 0 Å². The molecule has 0 fully saturated rings. The highest BCUT2D eigenvalue weighted by molar-refractivity contribution is 6.17. The maximum absolute atomic E-state index is 6.51. The summed E-state index contributed by atoms with van der Waals surface area (Å²) in [4.78, 5) is 0. The van der Waals surface area contributed by atoms with Crippen molar-refractivity contribution in [2.75, 3.05) is 0 Å². The van der Waals surface area contributed by atoms with E-state index in [2.05, 4.69) is 179 Å². The average Bonchev–Trinajstić information content (AvgIpc) is 3.79. The Morgan fingerprint density at radius 3 is 1.51 bits per heavy atom. The molecule has 0 atom stereocenters. The molecule has 220 valence electrons. The van der Waals surface area contributed by atoms with Crippen molar-refractivity contribution in [2.45, 2.75) is 0 Å². The molecule has 0 aliphatic rings. The molecule has 3 nitrogen and oxygen atoms in total. The van der Waals surface area contributed by atoms with E-state index in [9.17, 15) is 0 Å². The van der Waals surface area contributed by atoms with Gasteiger partial charge in [-0.3, -0.25) is 0 Å². The van der Waals surface area contributed by atoms with Gasteiger partial charge < -0.3 is 13.6 Å². The van der Waals surface area contributed by atoms with Gasteiger partial charge >= 0.3 is 0 Å². The summed E-state index contributed by atoms with van der Waals surface area (Å²) in [5.74, 6) is 0. The van der Waals surface area contributed by atoms with E-state index in [1.165, 1.54) is 44.2 Å². The van der Waals surface area contributed by atoms with Crippen LogP contribution >= 0.6 is 0 Å². The molecule has 0 saturated carbocycles. The fraction of sp³-hybridized carbons (Fsp3) is 0. The second-order valence-corrected chi connectivity index (χ2v) is 12.2. The molecule has 3 heterocycles. The molecule has 10 aromatic rings. The van der Waals surface area contributed by atoms with Gasteiger partial charge in [0, 0.05) is 32.9 Å². The van der Waals surface area contributed by atoms with Gasteiger partial charge in [-0.2, -0.15) is 0 Å². The summed E-state index contributed by atoms with van der Waals surface area (Å²) in [6.45, 7) is 0. The molecule has 47 heavy (non-hydrogen) atoms. The molecule has 0 aliphatic carbocycles. The van der Waals surface area contributed by atoms with Crippen LogP contribution in [0.15, 0.2) is 174 Å². The number of benzene rings is 7. The van der Waals surface area contributed by atoms with Crippen molar-refractivity contribution in [3.8, 4) is 33.6 Å². The summed E-state index contributed by atoms with van der Waals surface area (Å²) < 4.78 is 11.2. The van der Waals surface area contributed by atoms with Gasteiger partial charge in [0.05, 0.1) is 16.6 Å². The molecule has 3 aromatic heterocycles. The van der Waals surface area contributed by atoms with Crippen LogP contribution in [-0.2, 0) is 0 Å². The average molecular weight is 601 g/mol. The monoisotopic (exact) mass is 600 g/mol. The Balaban J connectivity index is 1.08. The minimum Gasteiger partial charge on any atom is -0.454 e. The zero-order chi connectivity index (χ0) is 30.9. The second kappa shape index (κ2) is 10.1. The van der Waals surface area contributed by atoms with Crippen molar-refractivity contribution in [2.24, 2.45) is 0 Å². The van der Waals surface area contributed by atoms with E-state index < -0.39 is 0 Å². The largest absolute Gasteiger partial charge is 0.454 e. The van der Waals surface area contributed by atoms with Gasteiger partial charge in [-0.25, -0.2) is 0 Å². The van der Waals surface area contributed by atoms with Crippen LogP contribution in [0.2, 0.25) is 0 Å². The van der Waals surface area contributed by atoms with Crippen LogP contribution in [0, 0.1) is 0 Å². The van der Waals surface area contributed by atoms with Gasteiger partial charge in [-0.05, 0) is 89.0 Å². The van der Waals surface area contributed by atoms with Crippen LogP contribution in [0.3, 0.4) is 0 Å². The third-order valence-electron chi connectivity index (χ3n) is 9.53. The van der Waals surface area contributed by atoms with E-state index in [1.807, 2.05) is 0 Å². The standard InChI is InChI=1S/C44H28N2O/c1-3-11-33(12-4-1)45-39-17-9-7-15-35(39)37-27-31(23-25-41(37)45)29-19-21-30(22-20-29)32-24-26-42-38(28-32)43-44(47-42)36-16-8-10-18-40(36)46(43)34-13-5-2-6-14-34/h1-28H. The summed E-state index contributed by atoms with van der Waals surface area (Å²) in [6, 6.07) is 60.7. The van der Waals surface area contributed by atoms with Crippen molar-refractivity contribution in [1.82, 2.24) is 9.13 Å². The normalized spacial score (nSPS) is 11.8. The van der Waals surface area contributed by atoms with Crippen LogP contribution in [0.1, 0.15) is 0 Å². The first-order chi connectivity index (χ1) is 23.3. The molecule has 0 amide bonds. The van der Waals surface area contributed by atoms with Crippen molar-refractivity contribution in [1.29, 1.82) is 0 Å². The summed E-state index contributed by atoms with van der Waals surface area (Å²) >= 11 is 0. The number of fused-ring (bicyclic) bond motifs is 8. The van der Waals surface area contributed by atoms with Gasteiger partial charge in [0.2, 0.25) is 0 Å². The van der Waals surface area contributed by atoms with E-state index >= 15 is 0 Å². The maximum atomic E-state index is 6.51. The van der Waals surface area contributed by atoms with Crippen molar-refractivity contribution < 1.29 is 4.42 Å². The topological polar surface area (TPSA) is 23.0 Å². The molecular formula is C44H28N2O. The molecule has 0 spiro atoms. The fourth-order valence-electron chi connectivity index (χ4n) is 7.36. The van der Waals surface area contributed by atoms with E-state index in [1.54, 1.807) is 0 Å². The van der Waals surface area contributed by atoms with E-state index in [4.69, 9.17) is 4.42 Å². The Labute approximate surface area is 271 Å².